The van der Waals surface area contributed by atoms with Crippen molar-refractivity contribution in [3.05, 3.63) is 54.1 Å². The minimum atomic E-state index is -0.443. The third-order valence-electron chi connectivity index (χ3n) is 4.99. The summed E-state index contributed by atoms with van der Waals surface area (Å²) in [4.78, 5) is 27.1. The fraction of sp³-hybridized carbons (Fsp3) is 0.450. The lowest BCUT2D eigenvalue weighted by Crippen LogP contribution is -2.49. The molecule has 0 unspecified atom stereocenters. The highest BCUT2D eigenvalue weighted by Crippen LogP contribution is 2.36. The Balaban J connectivity index is 1.76. The van der Waals surface area contributed by atoms with Gasteiger partial charge in [0, 0.05) is 39.0 Å². The number of halogens is 1. The summed E-state index contributed by atoms with van der Waals surface area (Å²) in [6.45, 7) is 1.77. The summed E-state index contributed by atoms with van der Waals surface area (Å²) in [6, 6.07) is 7.38. The van der Waals surface area contributed by atoms with Crippen molar-refractivity contribution in [2.75, 3.05) is 26.8 Å². The fourth-order valence-electron chi connectivity index (χ4n) is 3.61. The molecule has 1 saturated heterocycles. The van der Waals surface area contributed by atoms with Gasteiger partial charge in [-0.2, -0.15) is 5.10 Å². The third-order valence-corrected chi connectivity index (χ3v) is 4.99. The van der Waals surface area contributed by atoms with Crippen molar-refractivity contribution in [2.45, 2.75) is 25.4 Å². The van der Waals surface area contributed by atoms with Crippen molar-refractivity contribution < 1.29 is 18.7 Å². The summed E-state index contributed by atoms with van der Waals surface area (Å²) in [6.07, 6.45) is 4.28. The topological polar surface area (TPSA) is 76.5 Å². The SMILES string of the molecule is COCCN1C(=O)CC[C@@H](C(=O)NCCn2cccn2)[C@@H]1c1ccc(F)cc1. The maximum absolute atomic E-state index is 13.4. The van der Waals surface area contributed by atoms with Crippen LogP contribution in [0.15, 0.2) is 42.7 Å². The Labute approximate surface area is 163 Å². The maximum Gasteiger partial charge on any atom is 0.225 e. The number of aromatic nitrogens is 2. The Bertz CT molecular complexity index is 779. The molecule has 1 aromatic heterocycles. The van der Waals surface area contributed by atoms with Crippen LogP contribution in [0.5, 0.6) is 0 Å². The van der Waals surface area contributed by atoms with Crippen LogP contribution < -0.4 is 5.32 Å². The van der Waals surface area contributed by atoms with Gasteiger partial charge in [-0.25, -0.2) is 4.39 Å². The van der Waals surface area contributed by atoms with Crippen LogP contribution in [0.25, 0.3) is 0 Å². The van der Waals surface area contributed by atoms with Crippen molar-refractivity contribution >= 4 is 11.8 Å². The number of ether oxygens (including phenoxy) is 1. The fourth-order valence-corrected chi connectivity index (χ4v) is 3.61. The molecular weight excluding hydrogens is 363 g/mol. The lowest BCUT2D eigenvalue weighted by atomic mass is 9.83. The Kier molecular flexibility index (Phi) is 6.76. The number of likely N-dealkylation sites (tertiary alicyclic amines) is 1. The minimum absolute atomic E-state index is 0.0213. The molecule has 0 saturated carbocycles. The van der Waals surface area contributed by atoms with E-state index in [-0.39, 0.29) is 17.6 Å². The van der Waals surface area contributed by atoms with E-state index < -0.39 is 12.0 Å². The summed E-state index contributed by atoms with van der Waals surface area (Å²) < 4.78 is 20.3. The smallest absolute Gasteiger partial charge is 0.225 e. The Morgan fingerprint density at radius 2 is 2.11 bits per heavy atom. The van der Waals surface area contributed by atoms with E-state index in [1.54, 1.807) is 35.0 Å². The molecule has 3 rings (SSSR count). The average Bonchev–Trinajstić information content (AvgIpc) is 3.21. The second-order valence-corrected chi connectivity index (χ2v) is 6.78. The first-order valence-corrected chi connectivity index (χ1v) is 9.39. The van der Waals surface area contributed by atoms with E-state index in [1.165, 1.54) is 12.1 Å². The highest BCUT2D eigenvalue weighted by atomic mass is 19.1. The lowest BCUT2D eigenvalue weighted by Gasteiger charge is -2.40. The first-order valence-electron chi connectivity index (χ1n) is 9.39. The van der Waals surface area contributed by atoms with Crippen LogP contribution in [0.1, 0.15) is 24.4 Å². The highest BCUT2D eigenvalue weighted by Gasteiger charge is 2.40. The minimum Gasteiger partial charge on any atom is -0.383 e. The van der Waals surface area contributed by atoms with Gasteiger partial charge in [0.1, 0.15) is 5.82 Å². The van der Waals surface area contributed by atoms with Gasteiger partial charge in [0.2, 0.25) is 11.8 Å². The van der Waals surface area contributed by atoms with Crippen LogP contribution in [-0.4, -0.2) is 53.3 Å². The van der Waals surface area contributed by atoms with E-state index >= 15 is 0 Å². The van der Waals surface area contributed by atoms with Gasteiger partial charge in [-0.1, -0.05) is 12.1 Å². The van der Waals surface area contributed by atoms with Crippen LogP contribution in [-0.2, 0) is 20.9 Å². The molecule has 2 atom stereocenters. The number of nitrogens with zero attached hydrogens (tertiary/aromatic N) is 3. The van der Waals surface area contributed by atoms with E-state index in [2.05, 4.69) is 10.4 Å². The number of hydrogen-bond acceptors (Lipinski definition) is 4. The van der Waals surface area contributed by atoms with Crippen molar-refractivity contribution in [2.24, 2.45) is 5.92 Å². The first kappa shape index (κ1) is 20.0. The van der Waals surface area contributed by atoms with Gasteiger partial charge in [0.05, 0.1) is 25.1 Å². The zero-order valence-electron chi connectivity index (χ0n) is 15.9. The van der Waals surface area contributed by atoms with Crippen LogP contribution >= 0.6 is 0 Å². The quantitative estimate of drug-likeness (QED) is 0.748. The van der Waals surface area contributed by atoms with Gasteiger partial charge in [0.15, 0.2) is 0 Å². The second kappa shape index (κ2) is 9.45. The van der Waals surface area contributed by atoms with Crippen LogP contribution in [0.3, 0.4) is 0 Å². The molecule has 1 N–H and O–H groups in total. The number of carbonyl (C=O) groups excluding carboxylic acids is 2. The molecule has 7 nitrogen and oxygen atoms in total. The number of methoxy groups -OCH3 is 1. The molecule has 0 bridgehead atoms. The molecule has 8 heteroatoms. The molecule has 2 aromatic rings. The zero-order valence-corrected chi connectivity index (χ0v) is 15.9. The second-order valence-electron chi connectivity index (χ2n) is 6.78. The van der Waals surface area contributed by atoms with Gasteiger partial charge in [-0.3, -0.25) is 14.3 Å². The molecule has 150 valence electrons. The Morgan fingerprint density at radius 1 is 1.32 bits per heavy atom. The zero-order chi connectivity index (χ0) is 19.9. The maximum atomic E-state index is 13.4. The predicted octanol–water partition coefficient (Wildman–Crippen LogP) is 1.76. The van der Waals surface area contributed by atoms with Crippen LogP contribution in [0.4, 0.5) is 4.39 Å². The van der Waals surface area contributed by atoms with Crippen molar-refractivity contribution in [1.82, 2.24) is 20.0 Å². The van der Waals surface area contributed by atoms with E-state index in [4.69, 9.17) is 4.74 Å². The lowest BCUT2D eigenvalue weighted by molar-refractivity contribution is -0.144. The van der Waals surface area contributed by atoms with Crippen LogP contribution in [0, 0.1) is 11.7 Å². The number of rotatable bonds is 8. The number of hydrogen-bond donors (Lipinski definition) is 1. The number of piperidine rings is 1. The summed E-state index contributed by atoms with van der Waals surface area (Å²) >= 11 is 0. The molecule has 2 heterocycles. The molecule has 1 aromatic carbocycles. The largest absolute Gasteiger partial charge is 0.383 e. The van der Waals surface area contributed by atoms with Crippen LogP contribution in [0.2, 0.25) is 0 Å². The molecule has 0 spiro atoms. The average molecular weight is 388 g/mol. The van der Waals surface area contributed by atoms with E-state index in [9.17, 15) is 14.0 Å². The van der Waals surface area contributed by atoms with Gasteiger partial charge >= 0.3 is 0 Å². The molecule has 1 fully saturated rings. The third kappa shape index (κ3) is 4.75. The molecule has 1 aliphatic heterocycles. The monoisotopic (exact) mass is 388 g/mol. The number of nitrogens with one attached hydrogen (secondary N) is 1. The van der Waals surface area contributed by atoms with Crippen molar-refractivity contribution in [3.8, 4) is 0 Å². The normalized spacial score (nSPS) is 19.6. The standard InChI is InChI=1S/C20H25FN4O3/c1-28-14-13-25-18(26)8-7-17(19(25)15-3-5-16(21)6-4-15)20(27)22-10-12-24-11-2-9-23-24/h2-6,9,11,17,19H,7-8,10,12-14H2,1H3,(H,22,27)/t17-,19+/m1/s1. The Hall–Kier alpha value is -2.74. The summed E-state index contributed by atoms with van der Waals surface area (Å²) in [5, 5.41) is 7.07. The van der Waals surface area contributed by atoms with E-state index in [0.717, 1.165) is 5.56 Å². The summed E-state index contributed by atoms with van der Waals surface area (Å²) in [5.74, 6) is -0.893. The van der Waals surface area contributed by atoms with Gasteiger partial charge in [-0.05, 0) is 30.2 Å². The van der Waals surface area contributed by atoms with Gasteiger partial charge in [0.25, 0.3) is 0 Å². The number of amides is 2. The molecule has 1 aliphatic rings. The number of benzene rings is 1. The molecule has 0 radical (unpaired) electrons. The van der Waals surface area contributed by atoms with Crippen molar-refractivity contribution in [1.29, 1.82) is 0 Å². The Morgan fingerprint density at radius 3 is 2.79 bits per heavy atom. The molecule has 2 amide bonds. The molecule has 28 heavy (non-hydrogen) atoms. The first-order chi connectivity index (χ1) is 13.6. The van der Waals surface area contributed by atoms with Crippen molar-refractivity contribution in [3.63, 3.8) is 0 Å². The highest BCUT2D eigenvalue weighted by molar-refractivity contribution is 5.85. The van der Waals surface area contributed by atoms with E-state index in [0.29, 0.717) is 39.1 Å². The van der Waals surface area contributed by atoms with E-state index in [1.807, 2.05) is 12.3 Å². The summed E-state index contributed by atoms with van der Waals surface area (Å²) in [5.41, 5.74) is 0.748. The van der Waals surface area contributed by atoms with Gasteiger partial charge < -0.3 is 15.0 Å². The summed E-state index contributed by atoms with van der Waals surface area (Å²) in [7, 11) is 1.57. The predicted molar refractivity (Wildman–Crippen MR) is 101 cm³/mol. The molecule has 0 aliphatic carbocycles. The number of carbonyl (C=O) groups is 2. The van der Waals surface area contributed by atoms with Gasteiger partial charge in [-0.15, -0.1) is 0 Å². The molecular formula is C20H25FN4O3.